The van der Waals surface area contributed by atoms with Crippen molar-refractivity contribution in [1.82, 2.24) is 9.97 Å². The number of aromatic nitrogens is 2. The topological polar surface area (TPSA) is 41.1 Å². The van der Waals surface area contributed by atoms with Crippen LogP contribution in [0.2, 0.25) is 0 Å². The molecule has 4 heteroatoms. The van der Waals surface area contributed by atoms with Crippen LogP contribution in [-0.2, 0) is 6.54 Å². The molecule has 0 aliphatic carbocycles. The van der Waals surface area contributed by atoms with E-state index in [9.17, 15) is 0 Å². The van der Waals surface area contributed by atoms with Crippen LogP contribution in [0.4, 0.5) is 11.8 Å². The van der Waals surface area contributed by atoms with Gasteiger partial charge in [0.05, 0.1) is 0 Å². The average Bonchev–Trinajstić information content (AvgIpc) is 2.44. The molecule has 22 heavy (non-hydrogen) atoms. The molecular weight excluding hydrogens is 272 g/mol. The van der Waals surface area contributed by atoms with Crippen molar-refractivity contribution in [2.24, 2.45) is 0 Å². The van der Waals surface area contributed by atoms with E-state index in [0.717, 1.165) is 18.1 Å². The molecule has 1 heterocycles. The Balaban J connectivity index is 2.30. The Morgan fingerprint density at radius 3 is 2.32 bits per heavy atom. The highest BCUT2D eigenvalue weighted by Gasteiger charge is 2.15. The quantitative estimate of drug-likeness (QED) is 0.874. The van der Waals surface area contributed by atoms with Crippen molar-refractivity contribution in [2.45, 2.75) is 53.2 Å². The van der Waals surface area contributed by atoms with Gasteiger partial charge in [0.15, 0.2) is 0 Å². The van der Waals surface area contributed by atoms with Gasteiger partial charge >= 0.3 is 0 Å². The van der Waals surface area contributed by atoms with Crippen molar-refractivity contribution in [2.75, 3.05) is 10.2 Å². The van der Waals surface area contributed by atoms with Gasteiger partial charge in [0.1, 0.15) is 5.82 Å². The summed E-state index contributed by atoms with van der Waals surface area (Å²) in [5.74, 6) is 1.67. The Hall–Kier alpha value is -2.10. The Morgan fingerprint density at radius 2 is 1.73 bits per heavy atom. The largest absolute Gasteiger partial charge is 0.352 e. The SMILES string of the molecule is Cc1cc(N(Cc2ccccc2)C(C)C)nc(NC(C)C)n1. The number of rotatable bonds is 6. The summed E-state index contributed by atoms with van der Waals surface area (Å²) < 4.78 is 0. The van der Waals surface area contributed by atoms with Crippen LogP contribution < -0.4 is 10.2 Å². The molecule has 0 aliphatic rings. The van der Waals surface area contributed by atoms with Gasteiger partial charge in [-0.2, -0.15) is 4.98 Å². The van der Waals surface area contributed by atoms with Crippen molar-refractivity contribution in [3.63, 3.8) is 0 Å². The first-order valence-corrected chi connectivity index (χ1v) is 7.88. The first-order valence-electron chi connectivity index (χ1n) is 7.88. The molecule has 0 saturated heterocycles. The molecule has 0 amide bonds. The van der Waals surface area contributed by atoms with Crippen LogP contribution in [0.25, 0.3) is 0 Å². The molecule has 1 N–H and O–H groups in total. The monoisotopic (exact) mass is 298 g/mol. The summed E-state index contributed by atoms with van der Waals surface area (Å²) in [6.07, 6.45) is 0. The van der Waals surface area contributed by atoms with Gasteiger partial charge in [0, 0.05) is 30.4 Å². The maximum Gasteiger partial charge on any atom is 0.225 e. The standard InChI is InChI=1S/C18H26N4/c1-13(2)19-18-20-15(5)11-17(21-18)22(14(3)4)12-16-9-7-6-8-10-16/h6-11,13-14H,12H2,1-5H3,(H,19,20,21). The van der Waals surface area contributed by atoms with Gasteiger partial charge in [-0.25, -0.2) is 4.98 Å². The average molecular weight is 298 g/mol. The van der Waals surface area contributed by atoms with Crippen LogP contribution in [0.3, 0.4) is 0 Å². The smallest absolute Gasteiger partial charge is 0.225 e. The molecule has 0 aliphatic heterocycles. The van der Waals surface area contributed by atoms with E-state index in [1.807, 2.05) is 13.0 Å². The van der Waals surface area contributed by atoms with Crippen molar-refractivity contribution >= 4 is 11.8 Å². The molecule has 2 aromatic rings. The second kappa shape index (κ2) is 7.25. The minimum atomic E-state index is 0.316. The predicted octanol–water partition coefficient (Wildman–Crippen LogP) is 4.02. The second-order valence-corrected chi connectivity index (χ2v) is 6.20. The third-order valence-electron chi connectivity index (χ3n) is 3.37. The van der Waals surface area contributed by atoms with Crippen LogP contribution >= 0.6 is 0 Å². The van der Waals surface area contributed by atoms with E-state index in [0.29, 0.717) is 18.0 Å². The van der Waals surface area contributed by atoms with E-state index >= 15 is 0 Å². The lowest BCUT2D eigenvalue weighted by Crippen LogP contribution is -2.31. The first-order chi connectivity index (χ1) is 10.5. The van der Waals surface area contributed by atoms with Gasteiger partial charge in [-0.1, -0.05) is 30.3 Å². The molecule has 1 aromatic carbocycles. The molecule has 2 rings (SSSR count). The van der Waals surface area contributed by atoms with Crippen molar-refractivity contribution in [3.8, 4) is 0 Å². The fourth-order valence-electron chi connectivity index (χ4n) is 2.33. The second-order valence-electron chi connectivity index (χ2n) is 6.20. The molecule has 0 saturated carbocycles. The Labute approximate surface area is 133 Å². The van der Waals surface area contributed by atoms with Crippen LogP contribution in [0.5, 0.6) is 0 Å². The number of aryl methyl sites for hydroxylation is 1. The maximum absolute atomic E-state index is 4.70. The molecule has 0 radical (unpaired) electrons. The van der Waals surface area contributed by atoms with Crippen LogP contribution in [-0.4, -0.2) is 22.1 Å². The van der Waals surface area contributed by atoms with Crippen molar-refractivity contribution in [3.05, 3.63) is 47.7 Å². The van der Waals surface area contributed by atoms with Crippen LogP contribution in [0, 0.1) is 6.92 Å². The molecule has 1 aromatic heterocycles. The number of hydrogen-bond acceptors (Lipinski definition) is 4. The predicted molar refractivity (Wildman–Crippen MR) is 93.3 cm³/mol. The molecule has 0 atom stereocenters. The molecule has 0 unspecified atom stereocenters. The van der Waals surface area contributed by atoms with E-state index < -0.39 is 0 Å². The molecule has 4 nitrogen and oxygen atoms in total. The summed E-state index contributed by atoms with van der Waals surface area (Å²) >= 11 is 0. The Bertz CT molecular complexity index is 593. The molecular formula is C18H26N4. The third-order valence-corrected chi connectivity index (χ3v) is 3.37. The van der Waals surface area contributed by atoms with Gasteiger partial charge in [-0.3, -0.25) is 0 Å². The highest BCUT2D eigenvalue weighted by molar-refractivity contribution is 5.46. The van der Waals surface area contributed by atoms with Crippen molar-refractivity contribution < 1.29 is 0 Å². The van der Waals surface area contributed by atoms with Gasteiger partial charge in [0.2, 0.25) is 5.95 Å². The van der Waals surface area contributed by atoms with Gasteiger partial charge in [0.25, 0.3) is 0 Å². The van der Waals surface area contributed by atoms with Gasteiger partial charge < -0.3 is 10.2 Å². The number of nitrogens with zero attached hydrogens (tertiary/aromatic N) is 3. The number of benzene rings is 1. The van der Waals surface area contributed by atoms with E-state index in [4.69, 9.17) is 4.98 Å². The lowest BCUT2D eigenvalue weighted by atomic mass is 10.2. The summed E-state index contributed by atoms with van der Waals surface area (Å²) in [6.45, 7) is 11.4. The van der Waals surface area contributed by atoms with E-state index in [1.54, 1.807) is 0 Å². The summed E-state index contributed by atoms with van der Waals surface area (Å²) in [7, 11) is 0. The zero-order valence-corrected chi connectivity index (χ0v) is 14.2. The number of hydrogen-bond donors (Lipinski definition) is 1. The fourth-order valence-corrected chi connectivity index (χ4v) is 2.33. The zero-order chi connectivity index (χ0) is 16.1. The molecule has 118 valence electrons. The van der Waals surface area contributed by atoms with E-state index in [2.05, 4.69) is 73.2 Å². The molecule has 0 spiro atoms. The number of nitrogens with one attached hydrogen (secondary N) is 1. The molecule has 0 fully saturated rings. The summed E-state index contributed by atoms with van der Waals surface area (Å²) in [6, 6.07) is 13.2. The summed E-state index contributed by atoms with van der Waals surface area (Å²) in [5, 5.41) is 3.29. The third kappa shape index (κ3) is 4.45. The fraction of sp³-hybridized carbons (Fsp3) is 0.444. The highest BCUT2D eigenvalue weighted by atomic mass is 15.2. The highest BCUT2D eigenvalue weighted by Crippen LogP contribution is 2.20. The molecule has 0 bridgehead atoms. The maximum atomic E-state index is 4.70. The first kappa shape index (κ1) is 16.3. The minimum absolute atomic E-state index is 0.316. The van der Waals surface area contributed by atoms with E-state index in [1.165, 1.54) is 5.56 Å². The number of anilines is 2. The lowest BCUT2D eigenvalue weighted by Gasteiger charge is -2.28. The van der Waals surface area contributed by atoms with Crippen LogP contribution in [0.15, 0.2) is 36.4 Å². The Morgan fingerprint density at radius 1 is 1.05 bits per heavy atom. The lowest BCUT2D eigenvalue weighted by molar-refractivity contribution is 0.670. The summed E-state index contributed by atoms with van der Waals surface area (Å²) in [4.78, 5) is 11.5. The van der Waals surface area contributed by atoms with Crippen LogP contribution in [0.1, 0.15) is 39.0 Å². The van der Waals surface area contributed by atoms with Gasteiger partial charge in [-0.05, 0) is 40.2 Å². The van der Waals surface area contributed by atoms with Crippen molar-refractivity contribution in [1.29, 1.82) is 0 Å². The van der Waals surface area contributed by atoms with Gasteiger partial charge in [-0.15, -0.1) is 0 Å². The summed E-state index contributed by atoms with van der Waals surface area (Å²) in [5.41, 5.74) is 2.26. The zero-order valence-electron chi connectivity index (χ0n) is 14.2. The minimum Gasteiger partial charge on any atom is -0.352 e. The Kier molecular flexibility index (Phi) is 5.36. The normalized spacial score (nSPS) is 11.0. The van der Waals surface area contributed by atoms with E-state index in [-0.39, 0.29) is 0 Å².